The molecule has 1 aliphatic carbocycles. The number of piperidine rings is 1. The number of hydrogen-bond donors (Lipinski definition) is 1. The number of nitrogens with one attached hydrogen (secondary N) is 1. The molecule has 0 aromatic carbocycles. The molecule has 3 unspecified atom stereocenters. The number of fused-ring (bicyclic) bond motifs is 1. The summed E-state index contributed by atoms with van der Waals surface area (Å²) in [6.07, 6.45) is 1.98. The van der Waals surface area contributed by atoms with Crippen molar-refractivity contribution in [3.05, 3.63) is 0 Å². The summed E-state index contributed by atoms with van der Waals surface area (Å²) < 4.78 is 0. The molecule has 1 N–H and O–H groups in total. The fourth-order valence-corrected chi connectivity index (χ4v) is 1.72. The second-order valence-electron chi connectivity index (χ2n) is 3.25. The first kappa shape index (κ1) is 5.27. The first-order valence-electron chi connectivity index (χ1n) is 3.57. The topological polar surface area (TPSA) is 29.1 Å². The Labute approximate surface area is 54.6 Å². The Balaban J connectivity index is 2.07. The van der Waals surface area contributed by atoms with Gasteiger partial charge in [-0.25, -0.2) is 0 Å². The molecule has 0 spiro atoms. The highest BCUT2D eigenvalue weighted by atomic mass is 16.1. The fraction of sp³-hybridized carbons (Fsp3) is 0.857. The van der Waals surface area contributed by atoms with Gasteiger partial charge in [-0.05, 0) is 18.3 Å². The number of carbonyl (C=O) groups is 1. The third-order valence-electron chi connectivity index (χ3n) is 2.42. The van der Waals surface area contributed by atoms with Gasteiger partial charge in [0.05, 0.1) is 0 Å². The average Bonchev–Trinajstić information content (AvgIpc) is 2.43. The van der Waals surface area contributed by atoms with Crippen LogP contribution < -0.4 is 5.32 Å². The predicted octanol–water partition coefficient (Wildman–Crippen LogP) is 0.531. The molecule has 2 heteroatoms. The van der Waals surface area contributed by atoms with E-state index in [0.717, 1.165) is 12.3 Å². The van der Waals surface area contributed by atoms with Gasteiger partial charge in [0.2, 0.25) is 5.91 Å². The quantitative estimate of drug-likeness (QED) is 0.502. The van der Waals surface area contributed by atoms with Crippen LogP contribution in [0.4, 0.5) is 0 Å². The fourth-order valence-electron chi connectivity index (χ4n) is 1.72. The zero-order chi connectivity index (χ0) is 6.43. The molecule has 0 aromatic rings. The molecule has 50 valence electrons. The van der Waals surface area contributed by atoms with Gasteiger partial charge in [0.25, 0.3) is 0 Å². The first-order valence-corrected chi connectivity index (χ1v) is 3.57. The van der Waals surface area contributed by atoms with Crippen LogP contribution >= 0.6 is 0 Å². The molecule has 1 saturated carbocycles. The second kappa shape index (κ2) is 1.49. The summed E-state index contributed by atoms with van der Waals surface area (Å²) in [5.41, 5.74) is 0. The maximum atomic E-state index is 10.8. The standard InChI is InChI=1S/C7H11NO/c1-4-2-7(9)8-6-3-5(4)6/h4-6H,2-3H2,1H3,(H,8,9). The Bertz CT molecular complexity index is 155. The molecular formula is C7H11NO. The van der Waals surface area contributed by atoms with Gasteiger partial charge in [0, 0.05) is 12.5 Å². The third-order valence-corrected chi connectivity index (χ3v) is 2.42. The van der Waals surface area contributed by atoms with Gasteiger partial charge in [0.15, 0.2) is 0 Å². The van der Waals surface area contributed by atoms with Crippen LogP contribution in [0.15, 0.2) is 0 Å². The van der Waals surface area contributed by atoms with Crippen molar-refractivity contribution in [2.75, 3.05) is 0 Å². The zero-order valence-electron chi connectivity index (χ0n) is 5.55. The number of carbonyl (C=O) groups excluding carboxylic acids is 1. The number of hydrogen-bond acceptors (Lipinski definition) is 1. The number of rotatable bonds is 0. The molecule has 1 saturated heterocycles. The van der Waals surface area contributed by atoms with Crippen LogP contribution in [0.3, 0.4) is 0 Å². The van der Waals surface area contributed by atoms with Crippen LogP contribution in [-0.2, 0) is 4.79 Å². The molecule has 0 bridgehead atoms. The van der Waals surface area contributed by atoms with E-state index in [0.29, 0.717) is 12.0 Å². The van der Waals surface area contributed by atoms with E-state index in [4.69, 9.17) is 0 Å². The minimum absolute atomic E-state index is 0.251. The summed E-state index contributed by atoms with van der Waals surface area (Å²) in [6.45, 7) is 2.17. The third kappa shape index (κ3) is 0.732. The van der Waals surface area contributed by atoms with E-state index in [1.165, 1.54) is 6.42 Å². The molecular weight excluding hydrogens is 114 g/mol. The van der Waals surface area contributed by atoms with Crippen molar-refractivity contribution in [1.82, 2.24) is 5.32 Å². The van der Waals surface area contributed by atoms with Crippen molar-refractivity contribution in [2.24, 2.45) is 11.8 Å². The summed E-state index contributed by atoms with van der Waals surface area (Å²) >= 11 is 0. The van der Waals surface area contributed by atoms with Crippen molar-refractivity contribution < 1.29 is 4.79 Å². The Morgan fingerprint density at radius 3 is 3.11 bits per heavy atom. The lowest BCUT2D eigenvalue weighted by atomic mass is 9.99. The highest BCUT2D eigenvalue weighted by Crippen LogP contribution is 2.41. The predicted molar refractivity (Wildman–Crippen MR) is 33.8 cm³/mol. The molecule has 0 aromatic heterocycles. The van der Waals surface area contributed by atoms with E-state index in [-0.39, 0.29) is 5.91 Å². The monoisotopic (exact) mass is 125 g/mol. The second-order valence-corrected chi connectivity index (χ2v) is 3.25. The van der Waals surface area contributed by atoms with Gasteiger partial charge in [-0.1, -0.05) is 6.92 Å². The zero-order valence-corrected chi connectivity index (χ0v) is 5.55. The lowest BCUT2D eigenvalue weighted by Crippen LogP contribution is -2.34. The molecule has 2 rings (SSSR count). The normalized spacial score (nSPS) is 47.7. The Morgan fingerprint density at radius 1 is 1.67 bits per heavy atom. The largest absolute Gasteiger partial charge is 0.353 e. The maximum Gasteiger partial charge on any atom is 0.220 e. The molecule has 0 radical (unpaired) electrons. The summed E-state index contributed by atoms with van der Waals surface area (Å²) in [7, 11) is 0. The molecule has 9 heavy (non-hydrogen) atoms. The Kier molecular flexibility index (Phi) is 0.875. The molecule has 2 fully saturated rings. The van der Waals surface area contributed by atoms with Gasteiger partial charge >= 0.3 is 0 Å². The molecule has 2 aliphatic rings. The summed E-state index contributed by atoms with van der Waals surface area (Å²) in [5.74, 6) is 1.72. The highest BCUT2D eigenvalue weighted by Gasteiger charge is 2.45. The van der Waals surface area contributed by atoms with Crippen LogP contribution in [0.5, 0.6) is 0 Å². The van der Waals surface area contributed by atoms with E-state index in [2.05, 4.69) is 12.2 Å². The molecule has 1 amide bonds. The van der Waals surface area contributed by atoms with Gasteiger partial charge in [-0.3, -0.25) is 4.79 Å². The van der Waals surface area contributed by atoms with Crippen LogP contribution in [0.25, 0.3) is 0 Å². The lowest BCUT2D eigenvalue weighted by Gasteiger charge is -2.16. The average molecular weight is 125 g/mol. The first-order chi connectivity index (χ1) is 4.27. The molecule has 1 heterocycles. The van der Waals surface area contributed by atoms with Gasteiger partial charge in [-0.2, -0.15) is 0 Å². The van der Waals surface area contributed by atoms with Crippen molar-refractivity contribution in [3.8, 4) is 0 Å². The maximum absolute atomic E-state index is 10.8. The Hall–Kier alpha value is -0.530. The molecule has 2 nitrogen and oxygen atoms in total. The van der Waals surface area contributed by atoms with Crippen LogP contribution in [0.2, 0.25) is 0 Å². The number of amides is 1. The van der Waals surface area contributed by atoms with Crippen molar-refractivity contribution in [2.45, 2.75) is 25.8 Å². The minimum Gasteiger partial charge on any atom is -0.353 e. The SMILES string of the molecule is CC1CC(=O)NC2CC12. The van der Waals surface area contributed by atoms with Gasteiger partial charge in [-0.15, -0.1) is 0 Å². The summed E-state index contributed by atoms with van der Waals surface area (Å²) in [5, 5.41) is 2.94. The van der Waals surface area contributed by atoms with Crippen LogP contribution in [-0.4, -0.2) is 11.9 Å². The van der Waals surface area contributed by atoms with Gasteiger partial charge in [0.1, 0.15) is 0 Å². The smallest absolute Gasteiger partial charge is 0.220 e. The summed E-state index contributed by atoms with van der Waals surface area (Å²) in [4.78, 5) is 10.8. The van der Waals surface area contributed by atoms with Crippen molar-refractivity contribution in [3.63, 3.8) is 0 Å². The van der Waals surface area contributed by atoms with E-state index in [1.54, 1.807) is 0 Å². The molecule has 3 atom stereocenters. The van der Waals surface area contributed by atoms with E-state index < -0.39 is 0 Å². The molecule has 1 aliphatic heterocycles. The van der Waals surface area contributed by atoms with E-state index >= 15 is 0 Å². The van der Waals surface area contributed by atoms with Crippen molar-refractivity contribution >= 4 is 5.91 Å². The van der Waals surface area contributed by atoms with Gasteiger partial charge < -0.3 is 5.32 Å². The van der Waals surface area contributed by atoms with E-state index in [1.807, 2.05) is 0 Å². The lowest BCUT2D eigenvalue weighted by molar-refractivity contribution is -0.123. The van der Waals surface area contributed by atoms with Crippen molar-refractivity contribution in [1.29, 1.82) is 0 Å². The summed E-state index contributed by atoms with van der Waals surface area (Å²) in [6, 6.07) is 0.557. The Morgan fingerprint density at radius 2 is 2.44 bits per heavy atom. The minimum atomic E-state index is 0.251. The van der Waals surface area contributed by atoms with Crippen LogP contribution in [0.1, 0.15) is 19.8 Å². The van der Waals surface area contributed by atoms with Crippen LogP contribution in [0, 0.1) is 11.8 Å². The highest BCUT2D eigenvalue weighted by molar-refractivity contribution is 5.78. The van der Waals surface area contributed by atoms with E-state index in [9.17, 15) is 4.79 Å².